The van der Waals surface area contributed by atoms with Gasteiger partial charge in [-0.15, -0.1) is 5.54 Å². The lowest BCUT2D eigenvalue weighted by Gasteiger charge is -2.17. The van der Waals surface area contributed by atoms with Crippen molar-refractivity contribution in [1.82, 2.24) is 0 Å². The van der Waals surface area contributed by atoms with E-state index >= 15 is 0 Å². The Hall–Kier alpha value is -1.73. The third-order valence-corrected chi connectivity index (χ3v) is 4.15. The zero-order chi connectivity index (χ0) is 15.7. The van der Waals surface area contributed by atoms with E-state index in [0.29, 0.717) is 5.56 Å². The molecule has 0 aliphatic heterocycles. The molecule has 20 heavy (non-hydrogen) atoms. The number of anilines is 1. The molecule has 0 aromatic heterocycles. The summed E-state index contributed by atoms with van der Waals surface area (Å²) in [5.41, 5.74) is 7.96. The van der Waals surface area contributed by atoms with Crippen LogP contribution >= 0.6 is 0 Å². The third kappa shape index (κ3) is 3.23. The smallest absolute Gasteiger partial charge is 0.336 e. The van der Waals surface area contributed by atoms with E-state index in [4.69, 9.17) is 0 Å². The molecule has 2 N–H and O–H groups in total. The molecule has 0 heterocycles. The van der Waals surface area contributed by atoms with Gasteiger partial charge < -0.3 is 10.4 Å². The van der Waals surface area contributed by atoms with E-state index in [1.807, 2.05) is 27.8 Å². The molecule has 0 bridgehead atoms. The number of hydrogen-bond acceptors (Lipinski definition) is 2. The first kappa shape index (κ1) is 16.3. The summed E-state index contributed by atoms with van der Waals surface area (Å²) in [6, 6.07) is 0. The Bertz CT molecular complexity index is 616. The molecule has 1 rings (SSSR count). The van der Waals surface area contributed by atoms with E-state index in [1.165, 1.54) is 0 Å². The third-order valence-electron chi connectivity index (χ3n) is 3.28. The molecule has 0 saturated heterocycles. The van der Waals surface area contributed by atoms with Gasteiger partial charge in [0.05, 0.1) is 5.56 Å². The largest absolute Gasteiger partial charge is 0.478 e. The van der Waals surface area contributed by atoms with Gasteiger partial charge in [-0.3, -0.25) is 0 Å². The van der Waals surface area contributed by atoms with Crippen LogP contribution in [0.2, 0.25) is 19.6 Å². The highest BCUT2D eigenvalue weighted by Crippen LogP contribution is 2.30. The topological polar surface area (TPSA) is 49.3 Å². The van der Waals surface area contributed by atoms with Gasteiger partial charge in [0.1, 0.15) is 8.07 Å². The van der Waals surface area contributed by atoms with Crippen LogP contribution in [0.15, 0.2) is 0 Å². The number of carboxylic acid groups (broad SMARTS) is 1. The summed E-state index contributed by atoms with van der Waals surface area (Å²) in [6.45, 7) is 12.2. The van der Waals surface area contributed by atoms with Crippen molar-refractivity contribution in [2.75, 3.05) is 12.4 Å². The molecule has 0 spiro atoms. The van der Waals surface area contributed by atoms with Gasteiger partial charge in [-0.05, 0) is 37.5 Å². The second kappa shape index (κ2) is 5.72. The highest BCUT2D eigenvalue weighted by molar-refractivity contribution is 6.83. The van der Waals surface area contributed by atoms with Gasteiger partial charge in [-0.1, -0.05) is 25.6 Å². The second-order valence-corrected chi connectivity index (χ2v) is 10.8. The highest BCUT2D eigenvalue weighted by Gasteiger charge is 2.20. The molecule has 0 radical (unpaired) electrons. The number of benzene rings is 1. The highest BCUT2D eigenvalue weighted by atomic mass is 28.3. The van der Waals surface area contributed by atoms with Crippen LogP contribution in [0.1, 0.15) is 32.6 Å². The molecule has 0 atom stereocenters. The Labute approximate surface area is 122 Å². The van der Waals surface area contributed by atoms with Gasteiger partial charge in [-0.2, -0.15) is 0 Å². The minimum Gasteiger partial charge on any atom is -0.478 e. The molecule has 0 fully saturated rings. The van der Waals surface area contributed by atoms with Crippen LogP contribution in [0.25, 0.3) is 0 Å². The predicted molar refractivity (Wildman–Crippen MR) is 87.4 cm³/mol. The van der Waals surface area contributed by atoms with E-state index in [-0.39, 0.29) is 0 Å². The minimum absolute atomic E-state index is 0.361. The van der Waals surface area contributed by atoms with E-state index < -0.39 is 14.0 Å². The fourth-order valence-electron chi connectivity index (χ4n) is 2.35. The number of aromatic carboxylic acids is 1. The van der Waals surface area contributed by atoms with E-state index in [0.717, 1.165) is 27.9 Å². The molecule has 3 nitrogen and oxygen atoms in total. The summed E-state index contributed by atoms with van der Waals surface area (Å²) in [4.78, 5) is 11.5. The molecule has 108 valence electrons. The maximum atomic E-state index is 11.5. The van der Waals surface area contributed by atoms with Gasteiger partial charge >= 0.3 is 5.97 Å². The number of rotatable bonds is 2. The van der Waals surface area contributed by atoms with Gasteiger partial charge in [0.15, 0.2) is 0 Å². The van der Waals surface area contributed by atoms with Crippen LogP contribution in [-0.2, 0) is 0 Å². The summed E-state index contributed by atoms with van der Waals surface area (Å²) in [7, 11) is 0.311. The molecular weight excluding hydrogens is 266 g/mol. The van der Waals surface area contributed by atoms with Crippen molar-refractivity contribution in [2.24, 2.45) is 0 Å². The molecule has 4 heteroatoms. The lowest BCUT2D eigenvalue weighted by Crippen LogP contribution is -2.17. The lowest BCUT2D eigenvalue weighted by atomic mass is 9.91. The fraction of sp³-hybridized carbons (Fsp3) is 0.438. The maximum absolute atomic E-state index is 11.5. The summed E-state index contributed by atoms with van der Waals surface area (Å²) < 4.78 is 0. The average molecular weight is 289 g/mol. The van der Waals surface area contributed by atoms with Crippen LogP contribution in [0.5, 0.6) is 0 Å². The SMILES string of the molecule is CNc1c(C)c(C#C[Si](C)(C)C)c(C)c(C(=O)O)c1C. The Kier molecular flexibility index (Phi) is 4.67. The number of carbonyl (C=O) groups is 1. The maximum Gasteiger partial charge on any atom is 0.336 e. The van der Waals surface area contributed by atoms with Crippen molar-refractivity contribution in [3.8, 4) is 11.5 Å². The summed E-state index contributed by atoms with van der Waals surface area (Å²) >= 11 is 0. The standard InChI is InChI=1S/C16H23NO2Si/c1-10-13(8-9-20(5,6)7)11(2)15(17-4)12(3)14(10)16(18)19/h17H,1-7H3,(H,18,19). The molecule has 1 aromatic rings. The van der Waals surface area contributed by atoms with E-state index in [2.05, 4.69) is 36.4 Å². The van der Waals surface area contributed by atoms with Gasteiger partial charge in [-0.25, -0.2) is 4.79 Å². The Morgan fingerprint density at radius 3 is 2.05 bits per heavy atom. The van der Waals surface area contributed by atoms with Crippen molar-refractivity contribution in [1.29, 1.82) is 0 Å². The molecule has 0 aliphatic carbocycles. The van der Waals surface area contributed by atoms with Crippen molar-refractivity contribution in [3.05, 3.63) is 27.8 Å². The predicted octanol–water partition coefficient (Wildman–Crippen LogP) is 3.58. The van der Waals surface area contributed by atoms with Crippen molar-refractivity contribution < 1.29 is 9.90 Å². The van der Waals surface area contributed by atoms with E-state index in [9.17, 15) is 9.90 Å². The molecule has 1 aromatic carbocycles. The normalized spacial score (nSPS) is 10.8. The van der Waals surface area contributed by atoms with Gasteiger partial charge in [0.2, 0.25) is 0 Å². The summed E-state index contributed by atoms with van der Waals surface area (Å²) in [5.74, 6) is 2.33. The first-order valence-corrected chi connectivity index (χ1v) is 10.2. The zero-order valence-corrected chi connectivity index (χ0v) is 14.4. The van der Waals surface area contributed by atoms with Crippen molar-refractivity contribution in [2.45, 2.75) is 40.4 Å². The molecule has 0 aliphatic rings. The minimum atomic E-state index is -1.50. The quantitative estimate of drug-likeness (QED) is 0.646. The monoisotopic (exact) mass is 289 g/mol. The zero-order valence-electron chi connectivity index (χ0n) is 13.4. The summed E-state index contributed by atoms with van der Waals surface area (Å²) in [6.07, 6.45) is 0. The van der Waals surface area contributed by atoms with Crippen LogP contribution < -0.4 is 5.32 Å². The van der Waals surface area contributed by atoms with Crippen LogP contribution in [0, 0.1) is 32.2 Å². The lowest BCUT2D eigenvalue weighted by molar-refractivity contribution is 0.0695. The number of nitrogens with one attached hydrogen (secondary N) is 1. The van der Waals surface area contributed by atoms with E-state index in [1.54, 1.807) is 0 Å². The van der Waals surface area contributed by atoms with Crippen molar-refractivity contribution in [3.63, 3.8) is 0 Å². The van der Waals surface area contributed by atoms with Gasteiger partial charge in [0, 0.05) is 18.3 Å². The van der Waals surface area contributed by atoms with Crippen LogP contribution in [-0.4, -0.2) is 26.2 Å². The number of hydrogen-bond donors (Lipinski definition) is 2. The van der Waals surface area contributed by atoms with Gasteiger partial charge in [0.25, 0.3) is 0 Å². The molecular formula is C16H23NO2Si. The van der Waals surface area contributed by atoms with Crippen LogP contribution in [0.4, 0.5) is 5.69 Å². The Balaban J connectivity index is 3.71. The molecule has 0 saturated carbocycles. The molecule has 0 amide bonds. The Morgan fingerprint density at radius 1 is 1.10 bits per heavy atom. The first-order chi connectivity index (χ1) is 9.10. The van der Waals surface area contributed by atoms with Crippen molar-refractivity contribution >= 4 is 19.7 Å². The summed E-state index contributed by atoms with van der Waals surface area (Å²) in [5, 5.41) is 12.5. The van der Waals surface area contributed by atoms with Crippen LogP contribution in [0.3, 0.4) is 0 Å². The Morgan fingerprint density at radius 2 is 1.65 bits per heavy atom. The fourth-order valence-corrected chi connectivity index (χ4v) is 2.85. The molecule has 0 unspecified atom stereocenters. The number of carboxylic acids is 1. The average Bonchev–Trinajstić information content (AvgIpc) is 2.26. The first-order valence-electron chi connectivity index (χ1n) is 6.68. The second-order valence-electron chi connectivity index (χ2n) is 6.06.